The molecule has 1 aromatic carbocycles. The van der Waals surface area contributed by atoms with Crippen LogP contribution in [-0.2, 0) is 7.05 Å². The molecule has 1 aliphatic rings. The van der Waals surface area contributed by atoms with Crippen molar-refractivity contribution in [2.24, 2.45) is 7.05 Å². The highest BCUT2D eigenvalue weighted by atomic mass is 35.5. The third-order valence-corrected chi connectivity index (χ3v) is 4.95. The SMILES string of the molecule is [2H]C([2H])([2H])NC(=O)c1nnc(Cl)cc1Nc1cc(F)cc2c1N(C)C(C)c1nn(C)nc1-2. The van der Waals surface area contributed by atoms with Gasteiger partial charge in [0.25, 0.3) is 5.91 Å². The number of rotatable bonds is 3. The van der Waals surface area contributed by atoms with Crippen LogP contribution in [-0.4, -0.2) is 45.1 Å². The van der Waals surface area contributed by atoms with Crippen LogP contribution in [0, 0.1) is 5.82 Å². The molecule has 0 fully saturated rings. The fourth-order valence-electron chi connectivity index (χ4n) is 3.36. The van der Waals surface area contributed by atoms with Crippen LogP contribution in [0.5, 0.6) is 0 Å². The normalized spacial score (nSPS) is 16.9. The van der Waals surface area contributed by atoms with Gasteiger partial charge in [-0.25, -0.2) is 4.39 Å². The number of benzene rings is 1. The minimum atomic E-state index is -2.73. The van der Waals surface area contributed by atoms with Crippen LogP contribution in [0.15, 0.2) is 18.2 Å². The standard InChI is InChI=1S/C18H18ClFN8O/c1-8-14-15(26-28(4)25-14)10-5-9(20)6-12(17(10)27(8)3)22-11-7-13(19)23-24-16(11)18(29)21-2/h5-8H,1-4H3,(H,21,29)(H,22,23)/i2D3. The van der Waals surface area contributed by atoms with E-state index in [2.05, 4.69) is 25.7 Å². The molecule has 1 amide bonds. The van der Waals surface area contributed by atoms with Crippen molar-refractivity contribution in [3.8, 4) is 11.3 Å². The van der Waals surface area contributed by atoms with Gasteiger partial charge in [0.1, 0.15) is 17.2 Å². The number of halogens is 2. The van der Waals surface area contributed by atoms with Gasteiger partial charge in [0.05, 0.1) is 23.1 Å². The third kappa shape index (κ3) is 3.15. The predicted molar refractivity (Wildman–Crippen MR) is 107 cm³/mol. The summed E-state index contributed by atoms with van der Waals surface area (Å²) in [6, 6.07) is 3.75. The first-order chi connectivity index (χ1) is 14.9. The van der Waals surface area contributed by atoms with E-state index < -0.39 is 18.7 Å². The van der Waals surface area contributed by atoms with Crippen LogP contribution in [0.1, 0.15) is 33.3 Å². The maximum Gasteiger partial charge on any atom is 0.273 e. The predicted octanol–water partition coefficient (Wildman–Crippen LogP) is 2.68. The molecule has 1 aliphatic heterocycles. The van der Waals surface area contributed by atoms with Crippen LogP contribution >= 0.6 is 11.6 Å². The second-order valence-corrected chi connectivity index (χ2v) is 6.96. The molecule has 150 valence electrons. The summed E-state index contributed by atoms with van der Waals surface area (Å²) in [6.45, 7) is -0.796. The molecule has 3 aromatic rings. The van der Waals surface area contributed by atoms with Gasteiger partial charge in [0, 0.05) is 36.8 Å². The molecule has 2 N–H and O–H groups in total. The van der Waals surface area contributed by atoms with Gasteiger partial charge in [-0.3, -0.25) is 4.79 Å². The van der Waals surface area contributed by atoms with Gasteiger partial charge in [0.15, 0.2) is 10.8 Å². The molecule has 0 bridgehead atoms. The number of nitrogens with zero attached hydrogens (tertiary/aromatic N) is 6. The first kappa shape index (κ1) is 15.6. The van der Waals surface area contributed by atoms with Crippen LogP contribution in [0.4, 0.5) is 21.5 Å². The van der Waals surface area contributed by atoms with Gasteiger partial charge in [-0.05, 0) is 19.1 Å². The van der Waals surface area contributed by atoms with Crippen LogP contribution < -0.4 is 15.5 Å². The fraction of sp³-hybridized carbons (Fsp3) is 0.278. The Balaban J connectivity index is 1.84. The Bertz CT molecular complexity index is 1230. The topological polar surface area (TPSA) is 101 Å². The lowest BCUT2D eigenvalue weighted by atomic mass is 9.96. The lowest BCUT2D eigenvalue weighted by Gasteiger charge is -2.34. The second kappa shape index (κ2) is 6.96. The van der Waals surface area contributed by atoms with E-state index in [-0.39, 0.29) is 22.6 Å². The number of hydrogen-bond donors (Lipinski definition) is 2. The summed E-state index contributed by atoms with van der Waals surface area (Å²) in [7, 11) is 3.51. The maximum absolute atomic E-state index is 14.6. The Labute approximate surface area is 175 Å². The van der Waals surface area contributed by atoms with E-state index in [1.54, 1.807) is 7.05 Å². The Hall–Kier alpha value is -3.27. The largest absolute Gasteiger partial charge is 0.364 e. The molecule has 0 spiro atoms. The molecule has 29 heavy (non-hydrogen) atoms. The fourth-order valence-corrected chi connectivity index (χ4v) is 3.51. The highest BCUT2D eigenvalue weighted by Gasteiger charge is 2.33. The van der Waals surface area contributed by atoms with Crippen molar-refractivity contribution < 1.29 is 13.3 Å². The molecule has 0 saturated carbocycles. The molecule has 2 aromatic heterocycles. The van der Waals surface area contributed by atoms with Crippen LogP contribution in [0.25, 0.3) is 11.3 Å². The van der Waals surface area contributed by atoms with E-state index >= 15 is 0 Å². The van der Waals surface area contributed by atoms with E-state index in [9.17, 15) is 9.18 Å². The summed E-state index contributed by atoms with van der Waals surface area (Å²) in [4.78, 5) is 15.8. The lowest BCUT2D eigenvalue weighted by molar-refractivity contribution is 0.0958. The van der Waals surface area contributed by atoms with Crippen LogP contribution in [0.2, 0.25) is 5.15 Å². The summed E-state index contributed by atoms with van der Waals surface area (Å²) < 4.78 is 36.4. The van der Waals surface area contributed by atoms with E-state index in [0.717, 1.165) is 0 Å². The third-order valence-electron chi connectivity index (χ3n) is 4.76. The number of anilines is 3. The number of aryl methyl sites for hydroxylation is 1. The minimum absolute atomic E-state index is 0.0406. The van der Waals surface area contributed by atoms with Crippen molar-refractivity contribution in [3.05, 3.63) is 40.6 Å². The number of amides is 1. The van der Waals surface area contributed by atoms with Gasteiger partial charge >= 0.3 is 0 Å². The van der Waals surface area contributed by atoms with Crippen molar-refractivity contribution in [3.63, 3.8) is 0 Å². The van der Waals surface area contributed by atoms with Crippen molar-refractivity contribution in [1.82, 2.24) is 30.5 Å². The molecule has 9 nitrogen and oxygen atoms in total. The number of hydrogen-bond acceptors (Lipinski definition) is 7. The zero-order chi connectivity index (χ0) is 23.4. The van der Waals surface area contributed by atoms with Gasteiger partial charge in [-0.1, -0.05) is 11.6 Å². The van der Waals surface area contributed by atoms with Crippen molar-refractivity contribution >= 4 is 34.6 Å². The molecule has 4 rings (SSSR count). The van der Waals surface area contributed by atoms with Gasteiger partial charge in [-0.2, -0.15) is 15.0 Å². The van der Waals surface area contributed by atoms with Crippen molar-refractivity contribution in [2.75, 3.05) is 24.2 Å². The maximum atomic E-state index is 14.6. The first-order valence-corrected chi connectivity index (χ1v) is 8.93. The number of aromatic nitrogens is 5. The summed E-state index contributed by atoms with van der Waals surface area (Å²) in [6.07, 6.45) is 0. The van der Waals surface area contributed by atoms with Crippen LogP contribution in [0.3, 0.4) is 0 Å². The highest BCUT2D eigenvalue weighted by molar-refractivity contribution is 6.29. The average molecular weight is 420 g/mol. The summed E-state index contributed by atoms with van der Waals surface area (Å²) >= 11 is 5.96. The number of fused-ring (bicyclic) bond motifs is 3. The van der Waals surface area contributed by atoms with E-state index in [0.29, 0.717) is 28.3 Å². The minimum Gasteiger partial charge on any atom is -0.364 e. The van der Waals surface area contributed by atoms with Gasteiger partial charge in [-0.15, -0.1) is 10.2 Å². The molecule has 0 radical (unpaired) electrons. The summed E-state index contributed by atoms with van der Waals surface area (Å²) in [5.41, 5.74) is 2.42. The monoisotopic (exact) mass is 419 g/mol. The van der Waals surface area contributed by atoms with Gasteiger partial charge < -0.3 is 15.5 Å². The lowest BCUT2D eigenvalue weighted by Crippen LogP contribution is -2.27. The summed E-state index contributed by atoms with van der Waals surface area (Å²) in [5.74, 6) is -1.53. The number of carbonyl (C=O) groups is 1. The molecule has 3 heterocycles. The molecule has 1 unspecified atom stereocenters. The molecular formula is C18H18ClFN8O. The van der Waals surface area contributed by atoms with Crippen molar-refractivity contribution in [2.45, 2.75) is 13.0 Å². The van der Waals surface area contributed by atoms with E-state index in [4.69, 9.17) is 15.7 Å². The average Bonchev–Trinajstić information content (AvgIpc) is 3.06. The Kier molecular flexibility index (Phi) is 3.75. The van der Waals surface area contributed by atoms with Gasteiger partial charge in [0.2, 0.25) is 0 Å². The molecular weight excluding hydrogens is 399 g/mol. The van der Waals surface area contributed by atoms with E-state index in [1.807, 2.05) is 24.2 Å². The Morgan fingerprint density at radius 3 is 2.79 bits per heavy atom. The Morgan fingerprint density at radius 2 is 2.03 bits per heavy atom. The Morgan fingerprint density at radius 1 is 1.24 bits per heavy atom. The molecule has 0 aliphatic carbocycles. The highest BCUT2D eigenvalue weighted by Crippen LogP contribution is 2.47. The van der Waals surface area contributed by atoms with E-state index in [1.165, 1.54) is 23.0 Å². The smallest absolute Gasteiger partial charge is 0.273 e. The number of carbonyl (C=O) groups excluding carboxylic acids is 1. The van der Waals surface area contributed by atoms with Crippen molar-refractivity contribution in [1.29, 1.82) is 0 Å². The first-order valence-electron chi connectivity index (χ1n) is 10.1. The molecule has 11 heteroatoms. The second-order valence-electron chi connectivity index (χ2n) is 6.57. The zero-order valence-corrected chi connectivity index (χ0v) is 16.4. The molecule has 1 atom stereocenters. The molecule has 0 saturated heterocycles. The quantitative estimate of drug-likeness (QED) is 0.673. The summed E-state index contributed by atoms with van der Waals surface area (Å²) in [5, 5.41) is 20.9. The zero-order valence-electron chi connectivity index (χ0n) is 18.7. The number of nitrogens with one attached hydrogen (secondary N) is 2.